The van der Waals surface area contributed by atoms with Crippen molar-refractivity contribution >= 4 is 11.8 Å². The van der Waals surface area contributed by atoms with E-state index < -0.39 is 5.97 Å². The van der Waals surface area contributed by atoms with Gasteiger partial charge in [-0.15, -0.1) is 0 Å². The zero-order valence-corrected chi connectivity index (χ0v) is 12.5. The highest BCUT2D eigenvalue weighted by Crippen LogP contribution is 2.14. The molecule has 5 nitrogen and oxygen atoms in total. The van der Waals surface area contributed by atoms with Gasteiger partial charge in [-0.2, -0.15) is 0 Å². The van der Waals surface area contributed by atoms with Crippen LogP contribution in [0.2, 0.25) is 0 Å². The lowest BCUT2D eigenvalue weighted by molar-refractivity contribution is 0.0690. The minimum absolute atomic E-state index is 0.104. The number of hydrogen-bond acceptors (Lipinski definition) is 4. The van der Waals surface area contributed by atoms with Crippen LogP contribution >= 0.6 is 0 Å². The van der Waals surface area contributed by atoms with Crippen LogP contribution in [0.3, 0.4) is 0 Å². The third kappa shape index (κ3) is 4.00. The Morgan fingerprint density at radius 2 is 2.09 bits per heavy atom. The molecule has 1 aromatic heterocycles. The fraction of sp³-hybridized carbons (Fsp3) is 0.312. The zero-order valence-electron chi connectivity index (χ0n) is 12.5. The average molecular weight is 303 g/mol. The highest BCUT2D eigenvalue weighted by molar-refractivity contribution is 5.86. The van der Waals surface area contributed by atoms with Gasteiger partial charge in [0.1, 0.15) is 17.5 Å². The first-order valence-electron chi connectivity index (χ1n) is 7.10. The first-order valence-corrected chi connectivity index (χ1v) is 7.10. The summed E-state index contributed by atoms with van der Waals surface area (Å²) in [6.45, 7) is 3.98. The fourth-order valence-electron chi connectivity index (χ4n) is 1.93. The zero-order chi connectivity index (χ0) is 16.1. The van der Waals surface area contributed by atoms with Crippen molar-refractivity contribution in [3.8, 4) is 0 Å². The van der Waals surface area contributed by atoms with Crippen molar-refractivity contribution in [1.29, 1.82) is 0 Å². The molecule has 2 rings (SSSR count). The van der Waals surface area contributed by atoms with Gasteiger partial charge in [0.05, 0.1) is 0 Å². The SMILES string of the molecule is CCC(C)Nc1cc(C(=O)O)nc(Cc2ccccc2F)n1. The van der Waals surface area contributed by atoms with E-state index in [1.807, 2.05) is 13.8 Å². The van der Waals surface area contributed by atoms with Crippen molar-refractivity contribution in [3.63, 3.8) is 0 Å². The van der Waals surface area contributed by atoms with E-state index in [1.54, 1.807) is 18.2 Å². The molecular formula is C16H18FN3O2. The normalized spacial score (nSPS) is 12.0. The largest absolute Gasteiger partial charge is 0.477 e. The molecule has 0 bridgehead atoms. The second-order valence-electron chi connectivity index (χ2n) is 5.08. The molecule has 0 radical (unpaired) electrons. The van der Waals surface area contributed by atoms with Crippen molar-refractivity contribution in [2.24, 2.45) is 0 Å². The molecule has 2 N–H and O–H groups in total. The Bertz CT molecular complexity index is 676. The van der Waals surface area contributed by atoms with Gasteiger partial charge in [0.2, 0.25) is 0 Å². The van der Waals surface area contributed by atoms with E-state index in [1.165, 1.54) is 12.1 Å². The molecule has 6 heteroatoms. The van der Waals surface area contributed by atoms with E-state index >= 15 is 0 Å². The van der Waals surface area contributed by atoms with Crippen LogP contribution in [-0.4, -0.2) is 27.1 Å². The summed E-state index contributed by atoms with van der Waals surface area (Å²) in [5, 5.41) is 12.3. The number of aromatic carboxylic acids is 1. The minimum atomic E-state index is -1.13. The number of rotatable bonds is 6. The van der Waals surface area contributed by atoms with Crippen molar-refractivity contribution in [3.05, 3.63) is 53.2 Å². The first kappa shape index (κ1) is 15.9. The summed E-state index contributed by atoms with van der Waals surface area (Å²) in [6.07, 6.45) is 1.01. The van der Waals surface area contributed by atoms with E-state index in [9.17, 15) is 9.18 Å². The summed E-state index contributed by atoms with van der Waals surface area (Å²) in [4.78, 5) is 19.5. The second kappa shape index (κ2) is 6.98. The maximum absolute atomic E-state index is 13.7. The molecule has 1 heterocycles. The van der Waals surface area contributed by atoms with Gasteiger partial charge in [0.25, 0.3) is 0 Å². The predicted octanol–water partition coefficient (Wildman–Crippen LogP) is 3.12. The summed E-state index contributed by atoms with van der Waals surface area (Å²) in [5.41, 5.74) is 0.326. The standard InChI is InChI=1S/C16H18FN3O2/c1-3-10(2)18-15-9-13(16(21)22)19-14(20-15)8-11-6-4-5-7-12(11)17/h4-7,9-10H,3,8H2,1-2H3,(H,21,22)(H,18,19,20). The second-order valence-corrected chi connectivity index (χ2v) is 5.08. The summed E-state index contributed by atoms with van der Waals surface area (Å²) >= 11 is 0. The van der Waals surface area contributed by atoms with E-state index in [4.69, 9.17) is 5.11 Å². The van der Waals surface area contributed by atoms with Crippen LogP contribution in [-0.2, 0) is 6.42 Å². The maximum Gasteiger partial charge on any atom is 0.354 e. The molecule has 0 amide bonds. The third-order valence-corrected chi connectivity index (χ3v) is 3.30. The van der Waals surface area contributed by atoms with Crippen LogP contribution in [0.15, 0.2) is 30.3 Å². The summed E-state index contributed by atoms with van der Waals surface area (Å²) in [5.74, 6) is -0.781. The van der Waals surface area contributed by atoms with Gasteiger partial charge in [-0.1, -0.05) is 25.1 Å². The lowest BCUT2D eigenvalue weighted by Crippen LogP contribution is -2.17. The Labute approximate surface area is 128 Å². The van der Waals surface area contributed by atoms with Crippen molar-refractivity contribution in [2.75, 3.05) is 5.32 Å². The third-order valence-electron chi connectivity index (χ3n) is 3.30. The monoisotopic (exact) mass is 303 g/mol. The van der Waals surface area contributed by atoms with Crippen LogP contribution in [0, 0.1) is 5.82 Å². The number of anilines is 1. The van der Waals surface area contributed by atoms with Gasteiger partial charge in [-0.05, 0) is 25.0 Å². The number of benzene rings is 1. The fourth-order valence-corrected chi connectivity index (χ4v) is 1.93. The quantitative estimate of drug-likeness (QED) is 0.857. The van der Waals surface area contributed by atoms with E-state index in [-0.39, 0.29) is 29.8 Å². The van der Waals surface area contributed by atoms with Crippen LogP contribution in [0.1, 0.15) is 42.1 Å². The predicted molar refractivity (Wildman–Crippen MR) is 81.6 cm³/mol. The highest BCUT2D eigenvalue weighted by Gasteiger charge is 2.13. The Hall–Kier alpha value is -2.50. The molecule has 0 saturated heterocycles. The lowest BCUT2D eigenvalue weighted by atomic mass is 10.1. The Morgan fingerprint density at radius 1 is 1.36 bits per heavy atom. The van der Waals surface area contributed by atoms with E-state index in [0.29, 0.717) is 11.4 Å². The Kier molecular flexibility index (Phi) is 5.04. The number of nitrogens with zero attached hydrogens (tertiary/aromatic N) is 2. The van der Waals surface area contributed by atoms with Crippen LogP contribution < -0.4 is 5.32 Å². The molecule has 0 aliphatic heterocycles. The van der Waals surface area contributed by atoms with E-state index in [2.05, 4.69) is 15.3 Å². The lowest BCUT2D eigenvalue weighted by Gasteiger charge is -2.13. The molecule has 0 aliphatic rings. The number of aromatic nitrogens is 2. The number of halogens is 1. The Balaban J connectivity index is 2.33. The minimum Gasteiger partial charge on any atom is -0.477 e. The number of hydrogen-bond donors (Lipinski definition) is 2. The maximum atomic E-state index is 13.7. The van der Waals surface area contributed by atoms with Gasteiger partial charge in [0, 0.05) is 18.5 Å². The smallest absolute Gasteiger partial charge is 0.354 e. The van der Waals surface area contributed by atoms with Gasteiger partial charge < -0.3 is 10.4 Å². The molecular weight excluding hydrogens is 285 g/mol. The van der Waals surface area contributed by atoms with Gasteiger partial charge in [0.15, 0.2) is 5.69 Å². The van der Waals surface area contributed by atoms with Gasteiger partial charge in [-0.25, -0.2) is 19.2 Å². The van der Waals surface area contributed by atoms with Gasteiger partial charge >= 0.3 is 5.97 Å². The van der Waals surface area contributed by atoms with Crippen molar-refractivity contribution < 1.29 is 14.3 Å². The summed E-state index contributed by atoms with van der Waals surface area (Å²) in [7, 11) is 0. The topological polar surface area (TPSA) is 75.1 Å². The molecule has 1 unspecified atom stereocenters. The van der Waals surface area contributed by atoms with Crippen molar-refractivity contribution in [1.82, 2.24) is 9.97 Å². The first-order chi connectivity index (χ1) is 10.5. The summed E-state index contributed by atoms with van der Waals surface area (Å²) < 4.78 is 13.7. The Morgan fingerprint density at radius 3 is 2.73 bits per heavy atom. The number of nitrogens with one attached hydrogen (secondary N) is 1. The molecule has 116 valence electrons. The molecule has 1 atom stereocenters. The highest BCUT2D eigenvalue weighted by atomic mass is 19.1. The van der Waals surface area contributed by atoms with Crippen LogP contribution in [0.4, 0.5) is 10.2 Å². The molecule has 0 fully saturated rings. The molecule has 2 aromatic rings. The van der Waals surface area contributed by atoms with E-state index in [0.717, 1.165) is 6.42 Å². The number of carboxylic acids is 1. The number of carboxylic acid groups (broad SMARTS) is 1. The molecule has 1 aromatic carbocycles. The van der Waals surface area contributed by atoms with Crippen LogP contribution in [0.25, 0.3) is 0 Å². The van der Waals surface area contributed by atoms with Crippen molar-refractivity contribution in [2.45, 2.75) is 32.7 Å². The summed E-state index contributed by atoms with van der Waals surface area (Å²) in [6, 6.07) is 7.85. The average Bonchev–Trinajstić information content (AvgIpc) is 2.49. The van der Waals surface area contributed by atoms with Crippen LogP contribution in [0.5, 0.6) is 0 Å². The molecule has 22 heavy (non-hydrogen) atoms. The number of carbonyl (C=O) groups is 1. The molecule has 0 spiro atoms. The molecule has 0 saturated carbocycles. The molecule has 0 aliphatic carbocycles. The van der Waals surface area contributed by atoms with Gasteiger partial charge in [-0.3, -0.25) is 0 Å².